The summed E-state index contributed by atoms with van der Waals surface area (Å²) < 4.78 is 5.44. The van der Waals surface area contributed by atoms with Crippen molar-refractivity contribution in [2.24, 2.45) is 5.92 Å². The van der Waals surface area contributed by atoms with E-state index in [2.05, 4.69) is 16.5 Å². The summed E-state index contributed by atoms with van der Waals surface area (Å²) in [4.78, 5) is 9.56. The average molecular weight is 287 g/mol. The van der Waals surface area contributed by atoms with Gasteiger partial charge in [-0.3, -0.25) is 0 Å². The third-order valence-electron chi connectivity index (χ3n) is 5.13. The van der Waals surface area contributed by atoms with Gasteiger partial charge in [0.25, 0.3) is 0 Å². The van der Waals surface area contributed by atoms with E-state index in [0.29, 0.717) is 5.92 Å². The highest BCUT2D eigenvalue weighted by molar-refractivity contribution is 5.22. The van der Waals surface area contributed by atoms with Crippen LogP contribution in [0.15, 0.2) is 6.20 Å². The number of hydrogen-bond acceptors (Lipinski definition) is 4. The summed E-state index contributed by atoms with van der Waals surface area (Å²) in [6, 6.07) is 0.818. The van der Waals surface area contributed by atoms with E-state index in [-0.39, 0.29) is 0 Å². The van der Waals surface area contributed by atoms with Gasteiger partial charge in [0.2, 0.25) is 0 Å². The van der Waals surface area contributed by atoms with E-state index in [1.54, 1.807) is 0 Å². The summed E-state index contributed by atoms with van der Waals surface area (Å²) in [5.74, 6) is 2.35. The summed E-state index contributed by atoms with van der Waals surface area (Å²) in [5.41, 5.74) is 2.70. The average Bonchev–Trinajstić information content (AvgIpc) is 3.37. The molecule has 0 amide bonds. The van der Waals surface area contributed by atoms with Gasteiger partial charge in [0.1, 0.15) is 5.82 Å². The van der Waals surface area contributed by atoms with Gasteiger partial charge >= 0.3 is 0 Å². The number of nitrogens with zero attached hydrogens (tertiary/aromatic N) is 2. The van der Waals surface area contributed by atoms with E-state index in [1.165, 1.54) is 37.1 Å². The molecule has 0 spiro atoms. The summed E-state index contributed by atoms with van der Waals surface area (Å²) >= 11 is 0. The molecule has 1 atom stereocenters. The minimum Gasteiger partial charge on any atom is -0.381 e. The molecule has 4 nitrogen and oxygen atoms in total. The lowest BCUT2D eigenvalue weighted by Crippen LogP contribution is -2.29. The Morgan fingerprint density at radius 3 is 2.81 bits per heavy atom. The van der Waals surface area contributed by atoms with Gasteiger partial charge in [0.05, 0.1) is 0 Å². The van der Waals surface area contributed by atoms with Crippen molar-refractivity contribution in [3.05, 3.63) is 23.3 Å². The third kappa shape index (κ3) is 3.27. The molecule has 1 saturated carbocycles. The van der Waals surface area contributed by atoms with Crippen molar-refractivity contribution in [2.75, 3.05) is 19.8 Å². The summed E-state index contributed by atoms with van der Waals surface area (Å²) in [6.45, 7) is 2.89. The number of aromatic nitrogens is 2. The van der Waals surface area contributed by atoms with Crippen molar-refractivity contribution in [3.8, 4) is 0 Å². The Morgan fingerprint density at radius 2 is 2.00 bits per heavy atom. The van der Waals surface area contributed by atoms with Gasteiger partial charge in [-0.2, -0.15) is 0 Å². The van der Waals surface area contributed by atoms with Gasteiger partial charge in [-0.25, -0.2) is 9.97 Å². The maximum atomic E-state index is 5.44. The van der Waals surface area contributed by atoms with E-state index >= 15 is 0 Å². The molecule has 1 N–H and O–H groups in total. The number of fused-ring (bicyclic) bond motifs is 1. The van der Waals surface area contributed by atoms with Crippen LogP contribution in [0, 0.1) is 5.92 Å². The zero-order valence-corrected chi connectivity index (χ0v) is 12.7. The molecule has 4 rings (SSSR count). The first-order valence-electron chi connectivity index (χ1n) is 8.54. The highest BCUT2D eigenvalue weighted by Crippen LogP contribution is 2.28. The smallest absolute Gasteiger partial charge is 0.131 e. The van der Waals surface area contributed by atoms with Crippen molar-refractivity contribution in [1.29, 1.82) is 0 Å². The summed E-state index contributed by atoms with van der Waals surface area (Å²) in [6.07, 6.45) is 10.6. The fourth-order valence-corrected chi connectivity index (χ4v) is 3.55. The van der Waals surface area contributed by atoms with Gasteiger partial charge in [-0.15, -0.1) is 0 Å². The van der Waals surface area contributed by atoms with Gasteiger partial charge < -0.3 is 10.1 Å². The fourth-order valence-electron chi connectivity index (χ4n) is 3.55. The normalized spacial score (nSPS) is 26.6. The SMILES string of the molecule is c1nc(C2CCOCC2)nc2c1CC(CNC1CC1)CC2. The monoisotopic (exact) mass is 287 g/mol. The summed E-state index contributed by atoms with van der Waals surface area (Å²) in [7, 11) is 0. The Bertz CT molecular complexity index is 495. The molecule has 4 heteroatoms. The molecule has 2 fully saturated rings. The molecule has 2 heterocycles. The van der Waals surface area contributed by atoms with Crippen molar-refractivity contribution in [3.63, 3.8) is 0 Å². The standard InChI is InChI=1S/C17H25N3O/c1-4-16-14(9-12(1)10-18-15-2-3-15)11-19-17(20-16)13-5-7-21-8-6-13/h11-13,15,18H,1-10H2. The molecule has 1 unspecified atom stereocenters. The zero-order valence-electron chi connectivity index (χ0n) is 12.7. The Hall–Kier alpha value is -1.00. The predicted molar refractivity (Wildman–Crippen MR) is 81.4 cm³/mol. The van der Waals surface area contributed by atoms with Gasteiger partial charge in [-0.1, -0.05) is 0 Å². The van der Waals surface area contributed by atoms with Crippen LogP contribution in [0.25, 0.3) is 0 Å². The van der Waals surface area contributed by atoms with Gasteiger partial charge in [0, 0.05) is 37.1 Å². The quantitative estimate of drug-likeness (QED) is 0.922. The number of aryl methyl sites for hydroxylation is 1. The van der Waals surface area contributed by atoms with Crippen LogP contribution in [0.5, 0.6) is 0 Å². The van der Waals surface area contributed by atoms with Crippen LogP contribution in [0.3, 0.4) is 0 Å². The third-order valence-corrected chi connectivity index (χ3v) is 5.13. The first-order chi connectivity index (χ1) is 10.4. The largest absolute Gasteiger partial charge is 0.381 e. The predicted octanol–water partition coefficient (Wildman–Crippen LogP) is 2.23. The fraction of sp³-hybridized carbons (Fsp3) is 0.765. The first-order valence-corrected chi connectivity index (χ1v) is 8.54. The molecule has 0 radical (unpaired) electrons. The van der Waals surface area contributed by atoms with Crippen molar-refractivity contribution >= 4 is 0 Å². The van der Waals surface area contributed by atoms with Crippen molar-refractivity contribution in [1.82, 2.24) is 15.3 Å². The number of nitrogens with one attached hydrogen (secondary N) is 1. The number of hydrogen-bond donors (Lipinski definition) is 1. The molecule has 1 aromatic heterocycles. The van der Waals surface area contributed by atoms with Crippen LogP contribution in [-0.2, 0) is 17.6 Å². The number of rotatable bonds is 4. The maximum absolute atomic E-state index is 5.44. The molecular weight excluding hydrogens is 262 g/mol. The zero-order chi connectivity index (χ0) is 14.1. The lowest BCUT2D eigenvalue weighted by atomic mass is 9.87. The minimum absolute atomic E-state index is 0.512. The molecule has 21 heavy (non-hydrogen) atoms. The highest BCUT2D eigenvalue weighted by atomic mass is 16.5. The van der Waals surface area contributed by atoms with Gasteiger partial charge in [-0.05, 0) is 63.0 Å². The molecule has 2 aliphatic carbocycles. The van der Waals surface area contributed by atoms with Crippen LogP contribution >= 0.6 is 0 Å². The molecule has 114 valence electrons. The molecule has 0 aromatic carbocycles. The van der Waals surface area contributed by atoms with Crippen LogP contribution < -0.4 is 5.32 Å². The van der Waals surface area contributed by atoms with Crippen molar-refractivity contribution in [2.45, 2.75) is 56.9 Å². The molecule has 3 aliphatic rings. The second-order valence-electron chi connectivity index (χ2n) is 6.88. The Kier molecular flexibility index (Phi) is 3.91. The van der Waals surface area contributed by atoms with Gasteiger partial charge in [0.15, 0.2) is 0 Å². The molecular formula is C17H25N3O. The highest BCUT2D eigenvalue weighted by Gasteiger charge is 2.26. The van der Waals surface area contributed by atoms with E-state index in [4.69, 9.17) is 9.72 Å². The molecule has 1 aromatic rings. The van der Waals surface area contributed by atoms with Crippen LogP contribution in [0.2, 0.25) is 0 Å². The molecule has 1 aliphatic heterocycles. The van der Waals surface area contributed by atoms with Crippen LogP contribution in [0.1, 0.15) is 55.1 Å². The van der Waals surface area contributed by atoms with E-state index in [0.717, 1.165) is 56.7 Å². The van der Waals surface area contributed by atoms with E-state index in [1.807, 2.05) is 0 Å². The van der Waals surface area contributed by atoms with E-state index in [9.17, 15) is 0 Å². The number of ether oxygens (including phenoxy) is 1. The Balaban J connectivity index is 1.41. The Morgan fingerprint density at radius 1 is 1.14 bits per heavy atom. The summed E-state index contributed by atoms with van der Waals surface area (Å²) in [5, 5.41) is 3.67. The maximum Gasteiger partial charge on any atom is 0.131 e. The van der Waals surface area contributed by atoms with Crippen molar-refractivity contribution < 1.29 is 4.74 Å². The lowest BCUT2D eigenvalue weighted by molar-refractivity contribution is 0.0835. The van der Waals surface area contributed by atoms with Crippen LogP contribution in [0.4, 0.5) is 0 Å². The molecule has 1 saturated heterocycles. The van der Waals surface area contributed by atoms with Crippen LogP contribution in [-0.4, -0.2) is 35.8 Å². The lowest BCUT2D eigenvalue weighted by Gasteiger charge is -2.26. The Labute approximate surface area is 126 Å². The minimum atomic E-state index is 0.512. The second-order valence-corrected chi connectivity index (χ2v) is 6.88. The topological polar surface area (TPSA) is 47.0 Å². The second kappa shape index (κ2) is 6.01. The first kappa shape index (κ1) is 13.6. The van der Waals surface area contributed by atoms with E-state index < -0.39 is 0 Å². The molecule has 0 bridgehead atoms.